The van der Waals surface area contributed by atoms with E-state index in [9.17, 15) is 9.90 Å². The van der Waals surface area contributed by atoms with Crippen LogP contribution in [0.5, 0.6) is 5.88 Å². The fraction of sp³-hybridized carbons (Fsp3) is 0.250. The molecule has 1 amide bonds. The molecule has 0 saturated carbocycles. The van der Waals surface area contributed by atoms with Crippen LogP contribution in [0.3, 0.4) is 0 Å². The predicted octanol–water partition coefficient (Wildman–Crippen LogP) is 1.48. The summed E-state index contributed by atoms with van der Waals surface area (Å²) in [5, 5.41) is 13.0. The number of rotatable bonds is 3. The Morgan fingerprint density at radius 2 is 2.14 bits per heavy atom. The molecule has 5 heteroatoms. The number of benzene rings is 1. The van der Waals surface area contributed by atoms with E-state index in [4.69, 9.17) is 4.74 Å². The molecule has 1 aromatic carbocycles. The van der Waals surface area contributed by atoms with Crippen LogP contribution in [0.4, 0.5) is 0 Å². The van der Waals surface area contributed by atoms with Gasteiger partial charge in [-0.05, 0) is 17.2 Å². The van der Waals surface area contributed by atoms with Crippen molar-refractivity contribution in [2.75, 3.05) is 7.11 Å². The van der Waals surface area contributed by atoms with E-state index in [2.05, 4.69) is 10.3 Å². The van der Waals surface area contributed by atoms with Crippen LogP contribution in [-0.2, 0) is 6.42 Å². The molecule has 0 aliphatic heterocycles. The van der Waals surface area contributed by atoms with Gasteiger partial charge in [0.15, 0.2) is 0 Å². The summed E-state index contributed by atoms with van der Waals surface area (Å²) >= 11 is 0. The molecule has 2 N–H and O–H groups in total. The number of carbonyl (C=O) groups excluding carboxylic acids is 1. The monoisotopic (exact) mass is 284 g/mol. The van der Waals surface area contributed by atoms with Crippen molar-refractivity contribution in [3.63, 3.8) is 0 Å². The molecule has 2 aromatic rings. The number of ether oxygens (including phenoxy) is 1. The van der Waals surface area contributed by atoms with Gasteiger partial charge in [0, 0.05) is 18.7 Å². The SMILES string of the molecule is COc1ccc(C(=O)N[C@H]2c3ccccc3C[C@H]2O)cn1. The second kappa shape index (κ2) is 5.54. The molecule has 0 bridgehead atoms. The summed E-state index contributed by atoms with van der Waals surface area (Å²) in [6.07, 6.45) is 1.42. The zero-order valence-corrected chi connectivity index (χ0v) is 11.6. The molecule has 108 valence electrons. The fourth-order valence-corrected chi connectivity index (χ4v) is 2.61. The minimum atomic E-state index is -0.599. The maximum Gasteiger partial charge on any atom is 0.253 e. The summed E-state index contributed by atoms with van der Waals surface area (Å²) in [5.74, 6) is 0.198. The van der Waals surface area contributed by atoms with Crippen LogP contribution in [0.1, 0.15) is 27.5 Å². The largest absolute Gasteiger partial charge is 0.481 e. The molecular weight excluding hydrogens is 268 g/mol. The number of hydrogen-bond acceptors (Lipinski definition) is 4. The van der Waals surface area contributed by atoms with Crippen molar-refractivity contribution in [2.45, 2.75) is 18.6 Å². The smallest absolute Gasteiger partial charge is 0.253 e. The number of aromatic nitrogens is 1. The number of aliphatic hydroxyl groups is 1. The molecule has 3 rings (SSSR count). The molecule has 0 spiro atoms. The molecular formula is C16H16N2O3. The number of amides is 1. The zero-order chi connectivity index (χ0) is 14.8. The Hall–Kier alpha value is -2.40. The highest BCUT2D eigenvalue weighted by molar-refractivity contribution is 5.94. The third kappa shape index (κ3) is 2.60. The molecule has 0 saturated heterocycles. The van der Waals surface area contributed by atoms with Gasteiger partial charge in [-0.1, -0.05) is 24.3 Å². The lowest BCUT2D eigenvalue weighted by molar-refractivity contribution is 0.0858. The topological polar surface area (TPSA) is 71.5 Å². The zero-order valence-electron chi connectivity index (χ0n) is 11.6. The van der Waals surface area contributed by atoms with Gasteiger partial charge >= 0.3 is 0 Å². The number of hydrogen-bond donors (Lipinski definition) is 2. The van der Waals surface area contributed by atoms with Crippen molar-refractivity contribution in [2.24, 2.45) is 0 Å². The first-order valence-electron chi connectivity index (χ1n) is 6.76. The van der Waals surface area contributed by atoms with E-state index in [0.29, 0.717) is 17.9 Å². The van der Waals surface area contributed by atoms with E-state index in [0.717, 1.165) is 11.1 Å². The van der Waals surface area contributed by atoms with Crippen LogP contribution in [-0.4, -0.2) is 29.2 Å². The average Bonchev–Trinajstić information content (AvgIpc) is 2.83. The molecule has 5 nitrogen and oxygen atoms in total. The molecule has 0 unspecified atom stereocenters. The highest BCUT2D eigenvalue weighted by Crippen LogP contribution is 2.31. The predicted molar refractivity (Wildman–Crippen MR) is 77.1 cm³/mol. The Balaban J connectivity index is 1.78. The minimum Gasteiger partial charge on any atom is -0.481 e. The molecule has 0 fully saturated rings. The van der Waals surface area contributed by atoms with Gasteiger partial charge < -0.3 is 15.2 Å². The second-order valence-corrected chi connectivity index (χ2v) is 5.01. The lowest BCUT2D eigenvalue weighted by Crippen LogP contribution is -2.33. The summed E-state index contributed by atoms with van der Waals surface area (Å²) in [6.45, 7) is 0. The normalized spacial score (nSPS) is 19.9. The Bertz CT molecular complexity index is 655. The van der Waals surface area contributed by atoms with Crippen molar-refractivity contribution in [1.82, 2.24) is 10.3 Å². The molecule has 1 heterocycles. The number of nitrogens with one attached hydrogen (secondary N) is 1. The lowest BCUT2D eigenvalue weighted by Gasteiger charge is -2.18. The van der Waals surface area contributed by atoms with Crippen LogP contribution in [0, 0.1) is 0 Å². The van der Waals surface area contributed by atoms with Gasteiger partial charge in [-0.3, -0.25) is 4.79 Å². The number of pyridine rings is 1. The van der Waals surface area contributed by atoms with E-state index in [1.165, 1.54) is 13.3 Å². The number of carbonyl (C=O) groups is 1. The maximum atomic E-state index is 12.3. The van der Waals surface area contributed by atoms with E-state index in [1.807, 2.05) is 24.3 Å². The number of fused-ring (bicyclic) bond motifs is 1. The maximum absolute atomic E-state index is 12.3. The Morgan fingerprint density at radius 1 is 1.33 bits per heavy atom. The van der Waals surface area contributed by atoms with Gasteiger partial charge in [0.1, 0.15) is 0 Å². The van der Waals surface area contributed by atoms with Gasteiger partial charge in [-0.25, -0.2) is 4.98 Å². The Labute approximate surface area is 122 Å². The van der Waals surface area contributed by atoms with E-state index in [-0.39, 0.29) is 11.9 Å². The highest BCUT2D eigenvalue weighted by Gasteiger charge is 2.32. The fourth-order valence-electron chi connectivity index (χ4n) is 2.61. The molecule has 1 aromatic heterocycles. The van der Waals surface area contributed by atoms with Crippen molar-refractivity contribution in [3.05, 3.63) is 59.3 Å². The summed E-state index contributed by atoms with van der Waals surface area (Å²) in [6, 6.07) is 10.6. The van der Waals surface area contributed by atoms with Crippen molar-refractivity contribution in [3.8, 4) is 5.88 Å². The second-order valence-electron chi connectivity index (χ2n) is 5.01. The lowest BCUT2D eigenvalue weighted by atomic mass is 10.1. The standard InChI is InChI=1S/C16H16N2O3/c1-21-14-7-6-11(9-17-14)16(20)18-15-12-5-3-2-4-10(12)8-13(15)19/h2-7,9,13,15,19H,8H2,1H3,(H,18,20)/t13-,15+/m1/s1. The number of nitrogens with zero attached hydrogens (tertiary/aromatic N) is 1. The van der Waals surface area contributed by atoms with Gasteiger partial charge in [0.05, 0.1) is 24.8 Å². The van der Waals surface area contributed by atoms with Gasteiger partial charge in [-0.2, -0.15) is 0 Å². The average molecular weight is 284 g/mol. The molecule has 2 atom stereocenters. The van der Waals surface area contributed by atoms with Crippen LogP contribution in [0.15, 0.2) is 42.6 Å². The third-order valence-electron chi connectivity index (χ3n) is 3.70. The molecule has 1 aliphatic carbocycles. The number of methoxy groups -OCH3 is 1. The Kier molecular flexibility index (Phi) is 3.58. The van der Waals surface area contributed by atoms with Crippen molar-refractivity contribution >= 4 is 5.91 Å². The van der Waals surface area contributed by atoms with Crippen LogP contribution in [0.25, 0.3) is 0 Å². The van der Waals surface area contributed by atoms with Crippen molar-refractivity contribution in [1.29, 1.82) is 0 Å². The highest BCUT2D eigenvalue weighted by atomic mass is 16.5. The van der Waals surface area contributed by atoms with E-state index < -0.39 is 6.10 Å². The summed E-state index contributed by atoms with van der Waals surface area (Å²) < 4.78 is 4.96. The van der Waals surface area contributed by atoms with Gasteiger partial charge in [0.25, 0.3) is 5.91 Å². The minimum absolute atomic E-state index is 0.258. The van der Waals surface area contributed by atoms with Crippen LogP contribution in [0.2, 0.25) is 0 Å². The summed E-state index contributed by atoms with van der Waals surface area (Å²) in [4.78, 5) is 16.3. The third-order valence-corrected chi connectivity index (χ3v) is 3.70. The quantitative estimate of drug-likeness (QED) is 0.895. The summed E-state index contributed by atoms with van der Waals surface area (Å²) in [5.41, 5.74) is 2.48. The Morgan fingerprint density at radius 3 is 2.86 bits per heavy atom. The number of aliphatic hydroxyl groups excluding tert-OH is 1. The van der Waals surface area contributed by atoms with E-state index in [1.54, 1.807) is 12.1 Å². The first kappa shape index (κ1) is 13.6. The van der Waals surface area contributed by atoms with Gasteiger partial charge in [0.2, 0.25) is 5.88 Å². The first-order chi connectivity index (χ1) is 10.2. The van der Waals surface area contributed by atoms with Crippen LogP contribution >= 0.6 is 0 Å². The summed E-state index contributed by atoms with van der Waals surface area (Å²) in [7, 11) is 1.52. The van der Waals surface area contributed by atoms with Gasteiger partial charge in [-0.15, -0.1) is 0 Å². The first-order valence-corrected chi connectivity index (χ1v) is 6.76. The molecule has 1 aliphatic rings. The molecule has 0 radical (unpaired) electrons. The van der Waals surface area contributed by atoms with E-state index >= 15 is 0 Å². The molecule has 21 heavy (non-hydrogen) atoms. The van der Waals surface area contributed by atoms with Crippen molar-refractivity contribution < 1.29 is 14.6 Å². The van der Waals surface area contributed by atoms with Crippen LogP contribution < -0.4 is 10.1 Å².